The zero-order valence-electron chi connectivity index (χ0n) is 14.3. The maximum Gasteiger partial charge on any atom is 0.356 e. The van der Waals surface area contributed by atoms with Crippen LogP contribution in [0, 0.1) is 5.41 Å². The summed E-state index contributed by atoms with van der Waals surface area (Å²) >= 11 is 0. The van der Waals surface area contributed by atoms with Crippen LogP contribution in [0.3, 0.4) is 0 Å². The number of carbonyl (C=O) groups excluding carboxylic acids is 1. The number of carbonyl (C=O) groups is 1. The molecule has 6 heteroatoms. The maximum atomic E-state index is 12.1. The highest BCUT2D eigenvalue weighted by molar-refractivity contribution is 6.03. The van der Waals surface area contributed by atoms with Gasteiger partial charge in [-0.2, -0.15) is 0 Å². The van der Waals surface area contributed by atoms with Crippen molar-refractivity contribution < 1.29 is 14.4 Å². The van der Waals surface area contributed by atoms with E-state index in [0.29, 0.717) is 5.69 Å². The van der Waals surface area contributed by atoms with Crippen LogP contribution in [0.2, 0.25) is 0 Å². The lowest BCUT2D eigenvalue weighted by Crippen LogP contribution is -2.37. The number of ether oxygens (including phenoxy) is 1. The van der Waals surface area contributed by atoms with E-state index in [4.69, 9.17) is 9.57 Å². The lowest BCUT2D eigenvalue weighted by atomic mass is 9.69. The number of methoxy groups -OCH3 is 1. The number of benzene rings is 1. The van der Waals surface area contributed by atoms with Crippen LogP contribution < -0.4 is 0 Å². The van der Waals surface area contributed by atoms with Gasteiger partial charge in [0.1, 0.15) is 12.8 Å². The average Bonchev–Trinajstić information content (AvgIpc) is 3.02. The molecule has 0 saturated carbocycles. The maximum absolute atomic E-state index is 12.1. The second-order valence-corrected chi connectivity index (χ2v) is 6.55. The second kappa shape index (κ2) is 6.11. The van der Waals surface area contributed by atoms with Crippen LogP contribution in [-0.4, -0.2) is 35.5 Å². The number of esters is 1. The molecule has 1 atom stereocenters. The first-order valence-electron chi connectivity index (χ1n) is 7.79. The first-order chi connectivity index (χ1) is 11.5. The van der Waals surface area contributed by atoms with E-state index in [1.165, 1.54) is 7.11 Å². The molecule has 1 aromatic heterocycles. The number of hydrogen-bond donors (Lipinski definition) is 0. The lowest BCUT2D eigenvalue weighted by molar-refractivity contribution is 0.0582. The second-order valence-electron chi connectivity index (χ2n) is 6.55. The highest BCUT2D eigenvalue weighted by Gasteiger charge is 2.41. The van der Waals surface area contributed by atoms with E-state index in [1.807, 2.05) is 22.8 Å². The lowest BCUT2D eigenvalue weighted by Gasteiger charge is -2.41. The molecule has 1 unspecified atom stereocenters. The Morgan fingerprint density at radius 3 is 2.79 bits per heavy atom. The van der Waals surface area contributed by atoms with Gasteiger partial charge < -0.3 is 14.1 Å². The number of imidazole rings is 1. The summed E-state index contributed by atoms with van der Waals surface area (Å²) in [7, 11) is 2.93. The minimum Gasteiger partial charge on any atom is -0.464 e. The molecular weight excluding hydrogens is 306 g/mol. The Morgan fingerprint density at radius 1 is 1.33 bits per heavy atom. The molecule has 3 rings (SSSR count). The van der Waals surface area contributed by atoms with Gasteiger partial charge in [0.25, 0.3) is 0 Å². The third kappa shape index (κ3) is 2.58. The van der Waals surface area contributed by atoms with Gasteiger partial charge in [-0.25, -0.2) is 9.78 Å². The Morgan fingerprint density at radius 2 is 2.08 bits per heavy atom. The van der Waals surface area contributed by atoms with E-state index in [-0.39, 0.29) is 11.5 Å². The standard InChI is InChI=1S/C18H21N3O3/c1-18(2)9-14(20-24-4)12-7-5-6-8-13(12)16(18)21-11-19-10-15(21)17(22)23-3/h5-8,10-11,16H,9H2,1-4H3/b20-14+. The van der Waals surface area contributed by atoms with Crippen molar-refractivity contribution in [1.82, 2.24) is 9.55 Å². The first kappa shape index (κ1) is 16.2. The van der Waals surface area contributed by atoms with Crippen LogP contribution in [0.15, 0.2) is 41.9 Å². The van der Waals surface area contributed by atoms with Crippen LogP contribution in [-0.2, 0) is 9.57 Å². The summed E-state index contributed by atoms with van der Waals surface area (Å²) in [5, 5.41) is 4.21. The van der Waals surface area contributed by atoms with Gasteiger partial charge in [-0.1, -0.05) is 43.3 Å². The predicted molar refractivity (Wildman–Crippen MR) is 90.1 cm³/mol. The molecule has 2 aromatic rings. The Balaban J connectivity index is 2.20. The molecule has 0 fully saturated rings. The summed E-state index contributed by atoms with van der Waals surface area (Å²) in [6.07, 6.45) is 3.96. The summed E-state index contributed by atoms with van der Waals surface area (Å²) in [4.78, 5) is 21.3. The normalized spacial score (nSPS) is 20.5. The Bertz CT molecular complexity index is 792. The molecule has 0 amide bonds. The number of oxime groups is 1. The number of fused-ring (bicyclic) bond motifs is 1. The van der Waals surface area contributed by atoms with Crippen molar-refractivity contribution in [1.29, 1.82) is 0 Å². The summed E-state index contributed by atoms with van der Waals surface area (Å²) in [6, 6.07) is 8.01. The van der Waals surface area contributed by atoms with Crippen LogP contribution in [0.25, 0.3) is 0 Å². The van der Waals surface area contributed by atoms with Crippen LogP contribution in [0.1, 0.15) is 47.9 Å². The molecular formula is C18H21N3O3. The Hall–Kier alpha value is -2.63. The molecule has 1 heterocycles. The van der Waals surface area contributed by atoms with E-state index in [9.17, 15) is 4.79 Å². The fraction of sp³-hybridized carbons (Fsp3) is 0.389. The summed E-state index contributed by atoms with van der Waals surface area (Å²) in [5.41, 5.74) is 3.29. The van der Waals surface area contributed by atoms with E-state index >= 15 is 0 Å². The summed E-state index contributed by atoms with van der Waals surface area (Å²) in [6.45, 7) is 4.31. The molecule has 0 spiro atoms. The van der Waals surface area contributed by atoms with E-state index < -0.39 is 5.97 Å². The van der Waals surface area contributed by atoms with Gasteiger partial charge in [-0.05, 0) is 11.0 Å². The van der Waals surface area contributed by atoms with E-state index in [1.54, 1.807) is 19.6 Å². The topological polar surface area (TPSA) is 65.7 Å². The third-order valence-electron chi connectivity index (χ3n) is 4.47. The van der Waals surface area contributed by atoms with Crippen molar-refractivity contribution in [2.75, 3.05) is 14.2 Å². The van der Waals surface area contributed by atoms with Crippen LogP contribution in [0.4, 0.5) is 0 Å². The molecule has 1 aromatic carbocycles. The molecule has 0 N–H and O–H groups in total. The summed E-state index contributed by atoms with van der Waals surface area (Å²) in [5.74, 6) is -0.392. The van der Waals surface area contributed by atoms with Crippen molar-refractivity contribution in [3.8, 4) is 0 Å². The number of hydrogen-bond acceptors (Lipinski definition) is 5. The minimum atomic E-state index is -0.392. The zero-order valence-corrected chi connectivity index (χ0v) is 14.3. The molecule has 24 heavy (non-hydrogen) atoms. The monoisotopic (exact) mass is 327 g/mol. The molecule has 6 nitrogen and oxygen atoms in total. The van der Waals surface area contributed by atoms with Gasteiger partial charge in [0.15, 0.2) is 0 Å². The highest BCUT2D eigenvalue weighted by atomic mass is 16.6. The molecule has 0 bridgehead atoms. The van der Waals surface area contributed by atoms with Gasteiger partial charge in [0.2, 0.25) is 0 Å². The fourth-order valence-corrected chi connectivity index (χ4v) is 3.53. The number of rotatable bonds is 3. The molecule has 0 aliphatic heterocycles. The van der Waals surface area contributed by atoms with Crippen molar-refractivity contribution in [3.05, 3.63) is 53.6 Å². The van der Waals surface area contributed by atoms with Gasteiger partial charge in [0, 0.05) is 12.0 Å². The van der Waals surface area contributed by atoms with Gasteiger partial charge in [-0.15, -0.1) is 0 Å². The van der Waals surface area contributed by atoms with E-state index in [0.717, 1.165) is 23.3 Å². The quantitative estimate of drug-likeness (QED) is 0.642. The molecule has 0 radical (unpaired) electrons. The van der Waals surface area contributed by atoms with Crippen molar-refractivity contribution in [3.63, 3.8) is 0 Å². The molecule has 1 aliphatic carbocycles. The highest BCUT2D eigenvalue weighted by Crippen LogP contribution is 2.46. The van der Waals surface area contributed by atoms with Gasteiger partial charge in [0.05, 0.1) is 31.4 Å². The molecule has 0 saturated heterocycles. The minimum absolute atomic E-state index is 0.0545. The summed E-state index contributed by atoms with van der Waals surface area (Å²) < 4.78 is 6.80. The average molecular weight is 327 g/mol. The van der Waals surface area contributed by atoms with E-state index in [2.05, 4.69) is 30.1 Å². The zero-order chi connectivity index (χ0) is 17.3. The first-order valence-corrected chi connectivity index (χ1v) is 7.79. The Kier molecular flexibility index (Phi) is 4.13. The van der Waals surface area contributed by atoms with Crippen molar-refractivity contribution in [2.45, 2.75) is 26.3 Å². The van der Waals surface area contributed by atoms with Crippen molar-refractivity contribution >= 4 is 11.7 Å². The van der Waals surface area contributed by atoms with Crippen LogP contribution >= 0.6 is 0 Å². The third-order valence-corrected chi connectivity index (χ3v) is 4.47. The molecule has 1 aliphatic rings. The largest absolute Gasteiger partial charge is 0.464 e. The number of aromatic nitrogens is 2. The SMILES string of the molecule is CO/N=C1\CC(C)(C)C(n2cncc2C(=O)OC)c2ccccc21. The van der Waals surface area contributed by atoms with Crippen molar-refractivity contribution in [2.24, 2.45) is 10.6 Å². The fourth-order valence-electron chi connectivity index (χ4n) is 3.53. The predicted octanol–water partition coefficient (Wildman–Crippen LogP) is 3.04. The Labute approximate surface area is 141 Å². The van der Waals surface area contributed by atoms with Gasteiger partial charge in [-0.3, -0.25) is 0 Å². The van der Waals surface area contributed by atoms with Gasteiger partial charge >= 0.3 is 5.97 Å². The molecule has 126 valence electrons. The smallest absolute Gasteiger partial charge is 0.356 e. The number of nitrogens with zero attached hydrogens (tertiary/aromatic N) is 3. The van der Waals surface area contributed by atoms with Crippen LogP contribution in [0.5, 0.6) is 0 Å².